The third-order valence-electron chi connectivity index (χ3n) is 7.65. The number of hydrogen-bond acceptors (Lipinski definition) is 5. The average Bonchev–Trinajstić information content (AvgIpc) is 3.57. The van der Waals surface area contributed by atoms with Crippen LogP contribution in [0.5, 0.6) is 0 Å². The Labute approximate surface area is 195 Å². The number of nitrogens with zero attached hydrogens (tertiary/aromatic N) is 6. The van der Waals surface area contributed by atoms with E-state index in [0.717, 1.165) is 32.7 Å². The van der Waals surface area contributed by atoms with E-state index in [4.69, 9.17) is 0 Å². The summed E-state index contributed by atoms with van der Waals surface area (Å²) in [6, 6.07) is 6.83. The topological polar surface area (TPSA) is 64.9 Å². The number of carbonyl (C=O) groups excluding carboxylic acids is 2. The normalized spacial score (nSPS) is 22.8. The van der Waals surface area contributed by atoms with Gasteiger partial charge in [0.05, 0.1) is 18.1 Å². The van der Waals surface area contributed by atoms with E-state index >= 15 is 0 Å². The van der Waals surface area contributed by atoms with Crippen molar-refractivity contribution >= 4 is 23.3 Å². The van der Waals surface area contributed by atoms with Crippen LogP contribution in [0.2, 0.25) is 0 Å². The summed E-state index contributed by atoms with van der Waals surface area (Å²) in [6.45, 7) is 10.7. The number of aryl methyl sites for hydroxylation is 1. The summed E-state index contributed by atoms with van der Waals surface area (Å²) in [6.07, 6.45) is 5.80. The van der Waals surface area contributed by atoms with Crippen LogP contribution in [0.4, 0.5) is 16.2 Å². The van der Waals surface area contributed by atoms with Gasteiger partial charge in [0.15, 0.2) is 0 Å². The molecule has 0 bridgehead atoms. The Morgan fingerprint density at radius 2 is 1.79 bits per heavy atom. The Balaban J connectivity index is 1.16. The van der Waals surface area contributed by atoms with Crippen molar-refractivity contribution in [3.05, 3.63) is 41.7 Å². The van der Waals surface area contributed by atoms with Crippen LogP contribution in [0.1, 0.15) is 30.9 Å². The summed E-state index contributed by atoms with van der Waals surface area (Å²) >= 11 is 0. The number of likely N-dealkylation sites (tertiary alicyclic amines) is 2. The van der Waals surface area contributed by atoms with Gasteiger partial charge in [0, 0.05) is 65.5 Å². The van der Waals surface area contributed by atoms with Crippen molar-refractivity contribution in [1.29, 1.82) is 0 Å². The molecule has 3 aliphatic rings. The number of rotatable bonds is 4. The molecule has 1 unspecified atom stereocenters. The molecule has 0 radical (unpaired) electrons. The number of fused-ring (bicyclic) bond motifs is 1. The molecule has 1 aromatic heterocycles. The van der Waals surface area contributed by atoms with E-state index < -0.39 is 0 Å². The largest absolute Gasteiger partial charge is 0.372 e. The van der Waals surface area contributed by atoms with E-state index in [2.05, 4.69) is 40.0 Å². The minimum atomic E-state index is -0.104. The lowest BCUT2D eigenvalue weighted by molar-refractivity contribution is -0.116. The Hall–Kier alpha value is -2.87. The third kappa shape index (κ3) is 4.36. The van der Waals surface area contributed by atoms with Crippen LogP contribution in [0.15, 0.2) is 30.6 Å². The van der Waals surface area contributed by atoms with Gasteiger partial charge in [-0.25, -0.2) is 4.79 Å². The lowest BCUT2D eigenvalue weighted by Crippen LogP contribution is -2.36. The van der Waals surface area contributed by atoms with Crippen LogP contribution in [0.3, 0.4) is 0 Å². The van der Waals surface area contributed by atoms with Gasteiger partial charge in [0.25, 0.3) is 0 Å². The maximum Gasteiger partial charge on any atom is 0.344 e. The second-order valence-corrected chi connectivity index (χ2v) is 9.93. The Kier molecular flexibility index (Phi) is 5.86. The highest BCUT2D eigenvalue weighted by Gasteiger charge is 2.42. The summed E-state index contributed by atoms with van der Waals surface area (Å²) in [5, 5.41) is 4.19. The first-order valence-electron chi connectivity index (χ1n) is 12.0. The van der Waals surface area contributed by atoms with E-state index in [0.29, 0.717) is 17.5 Å². The van der Waals surface area contributed by atoms with Crippen molar-refractivity contribution in [3.8, 4) is 0 Å². The Morgan fingerprint density at radius 3 is 2.42 bits per heavy atom. The van der Waals surface area contributed by atoms with Crippen LogP contribution >= 0.6 is 0 Å². The van der Waals surface area contributed by atoms with Gasteiger partial charge < -0.3 is 14.7 Å². The standard InChI is InChI=1S/C25H34N6O2/c1-18-10-23(29-8-4-5-9-29)7-6-20(18)12-28-13-21-15-30(16-22(21)14-28)25(33)31-17-24(11-26-31)27(3)19(2)32/h6-7,10-11,17,21-22H,4-5,8-9,12-16H2,1-3H3/t21-,22?/m0/s1. The molecule has 4 heterocycles. The monoisotopic (exact) mass is 450 g/mol. The average molecular weight is 451 g/mol. The molecule has 8 heteroatoms. The molecule has 2 aromatic rings. The lowest BCUT2D eigenvalue weighted by atomic mass is 10.0. The predicted octanol–water partition coefficient (Wildman–Crippen LogP) is 2.81. The van der Waals surface area contributed by atoms with Crippen molar-refractivity contribution in [2.45, 2.75) is 33.2 Å². The summed E-state index contributed by atoms with van der Waals surface area (Å²) in [5.41, 5.74) is 4.77. The molecule has 33 heavy (non-hydrogen) atoms. The number of carbonyl (C=O) groups is 2. The molecular weight excluding hydrogens is 416 g/mol. The first-order valence-corrected chi connectivity index (χ1v) is 12.0. The molecule has 8 nitrogen and oxygen atoms in total. The predicted molar refractivity (Wildman–Crippen MR) is 129 cm³/mol. The Morgan fingerprint density at radius 1 is 1.09 bits per heavy atom. The van der Waals surface area contributed by atoms with E-state index in [1.165, 1.54) is 59.3 Å². The fraction of sp³-hybridized carbons (Fsp3) is 0.560. The van der Waals surface area contributed by atoms with Crippen molar-refractivity contribution in [2.75, 3.05) is 56.1 Å². The molecule has 3 saturated heterocycles. The van der Waals surface area contributed by atoms with Gasteiger partial charge in [-0.05, 0) is 54.9 Å². The summed E-state index contributed by atoms with van der Waals surface area (Å²) < 4.78 is 1.36. The van der Waals surface area contributed by atoms with Crippen molar-refractivity contribution in [3.63, 3.8) is 0 Å². The van der Waals surface area contributed by atoms with Crippen LogP contribution in [-0.4, -0.2) is 77.8 Å². The van der Waals surface area contributed by atoms with Gasteiger partial charge in [-0.2, -0.15) is 9.78 Å². The van der Waals surface area contributed by atoms with Gasteiger partial charge in [-0.3, -0.25) is 9.69 Å². The number of amides is 2. The molecular formula is C25H34N6O2. The molecule has 0 saturated carbocycles. The first kappa shape index (κ1) is 21.9. The lowest BCUT2D eigenvalue weighted by Gasteiger charge is -2.23. The number of anilines is 2. The molecule has 0 aliphatic carbocycles. The highest BCUT2D eigenvalue weighted by Crippen LogP contribution is 2.33. The van der Waals surface area contributed by atoms with Crippen molar-refractivity contribution in [1.82, 2.24) is 19.6 Å². The molecule has 2 atom stereocenters. The zero-order valence-electron chi connectivity index (χ0n) is 19.9. The smallest absolute Gasteiger partial charge is 0.344 e. The van der Waals surface area contributed by atoms with Gasteiger partial charge in [0.1, 0.15) is 0 Å². The highest BCUT2D eigenvalue weighted by atomic mass is 16.2. The fourth-order valence-corrected chi connectivity index (χ4v) is 5.56. The number of benzene rings is 1. The fourth-order valence-electron chi connectivity index (χ4n) is 5.56. The van der Waals surface area contributed by atoms with Crippen LogP contribution < -0.4 is 9.80 Å². The second-order valence-electron chi connectivity index (χ2n) is 9.93. The van der Waals surface area contributed by atoms with Gasteiger partial charge >= 0.3 is 6.03 Å². The number of aromatic nitrogens is 2. The van der Waals surface area contributed by atoms with E-state index in [-0.39, 0.29) is 11.9 Å². The molecule has 1 aromatic carbocycles. The molecule has 176 valence electrons. The molecule has 5 rings (SSSR count). The quantitative estimate of drug-likeness (QED) is 0.717. The number of hydrogen-bond donors (Lipinski definition) is 0. The van der Waals surface area contributed by atoms with Gasteiger partial charge in [0.2, 0.25) is 5.91 Å². The highest BCUT2D eigenvalue weighted by molar-refractivity contribution is 5.91. The van der Waals surface area contributed by atoms with Crippen LogP contribution in [0.25, 0.3) is 0 Å². The Bertz CT molecular complexity index is 1030. The molecule has 0 spiro atoms. The van der Waals surface area contributed by atoms with Crippen LogP contribution in [-0.2, 0) is 11.3 Å². The maximum atomic E-state index is 12.9. The van der Waals surface area contributed by atoms with Gasteiger partial charge in [-0.1, -0.05) is 6.07 Å². The maximum absolute atomic E-state index is 12.9. The van der Waals surface area contributed by atoms with E-state index in [9.17, 15) is 9.59 Å². The van der Waals surface area contributed by atoms with E-state index in [1.807, 2.05) is 4.90 Å². The zero-order valence-corrected chi connectivity index (χ0v) is 19.9. The van der Waals surface area contributed by atoms with E-state index in [1.54, 1.807) is 19.4 Å². The van der Waals surface area contributed by atoms with Gasteiger partial charge in [-0.15, -0.1) is 0 Å². The molecule has 0 N–H and O–H groups in total. The molecule has 3 aliphatic heterocycles. The molecule has 2 amide bonds. The van der Waals surface area contributed by atoms with Crippen LogP contribution in [0, 0.1) is 18.8 Å². The zero-order chi connectivity index (χ0) is 23.1. The molecule has 3 fully saturated rings. The summed E-state index contributed by atoms with van der Waals surface area (Å²) in [4.78, 5) is 32.9. The SMILES string of the molecule is CC(=O)N(C)c1cnn(C(=O)N2CC3CN(Cc4ccc(N5CCCC5)cc4C)C[C@H]3C2)c1. The summed E-state index contributed by atoms with van der Waals surface area (Å²) in [7, 11) is 1.69. The van der Waals surface area contributed by atoms with Crippen molar-refractivity contribution in [2.24, 2.45) is 11.8 Å². The minimum Gasteiger partial charge on any atom is -0.372 e. The third-order valence-corrected chi connectivity index (χ3v) is 7.65. The second kappa shape index (κ2) is 8.82. The first-order chi connectivity index (χ1) is 15.9. The van der Waals surface area contributed by atoms with Crippen molar-refractivity contribution < 1.29 is 9.59 Å². The summed E-state index contributed by atoms with van der Waals surface area (Å²) in [5.74, 6) is 0.930. The minimum absolute atomic E-state index is 0.0845.